The summed E-state index contributed by atoms with van der Waals surface area (Å²) >= 11 is 0. The zero-order chi connectivity index (χ0) is 29.0. The third kappa shape index (κ3) is 4.52. The Labute approximate surface area is 242 Å². The van der Waals surface area contributed by atoms with Crippen molar-refractivity contribution in [3.05, 3.63) is 48.4 Å². The van der Waals surface area contributed by atoms with Gasteiger partial charge in [-0.2, -0.15) is 9.97 Å². The van der Waals surface area contributed by atoms with Crippen molar-refractivity contribution in [1.29, 1.82) is 0 Å². The number of benzene rings is 2. The van der Waals surface area contributed by atoms with E-state index in [4.69, 9.17) is 4.74 Å². The van der Waals surface area contributed by atoms with Crippen LogP contribution in [0.4, 0.5) is 15.0 Å². The molecule has 0 bridgehead atoms. The second kappa shape index (κ2) is 10.2. The molecule has 7 rings (SSSR count). The first kappa shape index (κ1) is 26.6. The fourth-order valence-electron chi connectivity index (χ4n) is 6.92. The second-order valence-electron chi connectivity index (χ2n) is 11.8. The number of amides is 1. The number of phenols is 1. The number of carboxylic acid groups (broad SMARTS) is 1. The van der Waals surface area contributed by atoms with Crippen molar-refractivity contribution >= 4 is 33.6 Å². The van der Waals surface area contributed by atoms with Crippen LogP contribution in [0.2, 0.25) is 0 Å². The van der Waals surface area contributed by atoms with Gasteiger partial charge in [-0.25, -0.2) is 9.18 Å². The van der Waals surface area contributed by atoms with Crippen molar-refractivity contribution in [2.75, 3.05) is 32.1 Å². The molecule has 218 valence electrons. The molecule has 4 aromatic rings. The van der Waals surface area contributed by atoms with E-state index in [1.807, 2.05) is 24.3 Å². The van der Waals surface area contributed by atoms with Crippen molar-refractivity contribution in [2.45, 2.75) is 56.1 Å². The van der Waals surface area contributed by atoms with Crippen LogP contribution in [0.5, 0.6) is 11.8 Å². The van der Waals surface area contributed by atoms with Gasteiger partial charge < -0.3 is 25.2 Å². The van der Waals surface area contributed by atoms with Gasteiger partial charge in [0.1, 0.15) is 29.4 Å². The molecular formula is C31H33FN6O4. The summed E-state index contributed by atoms with van der Waals surface area (Å²) < 4.78 is 22.7. The zero-order valence-electron chi connectivity index (χ0n) is 23.4. The molecule has 0 atom stereocenters. The summed E-state index contributed by atoms with van der Waals surface area (Å²) in [4.78, 5) is 28.9. The highest BCUT2D eigenvalue weighted by atomic mass is 19.1. The lowest BCUT2D eigenvalue weighted by Crippen LogP contribution is -2.50. The fraction of sp³-hybridized carbons (Fsp3) is 0.419. The highest BCUT2D eigenvalue weighted by Crippen LogP contribution is 2.40. The quantitative estimate of drug-likeness (QED) is 0.272. The lowest BCUT2D eigenvalue weighted by molar-refractivity contribution is 0.107. The van der Waals surface area contributed by atoms with E-state index in [-0.39, 0.29) is 40.6 Å². The lowest BCUT2D eigenvalue weighted by atomic mass is 9.86. The Morgan fingerprint density at radius 1 is 1.17 bits per heavy atom. The molecule has 1 saturated carbocycles. The number of pyridine rings is 1. The van der Waals surface area contributed by atoms with E-state index in [1.54, 1.807) is 19.3 Å². The number of hydrogen-bond donors (Lipinski definition) is 3. The van der Waals surface area contributed by atoms with Gasteiger partial charge in [-0.1, -0.05) is 24.3 Å². The van der Waals surface area contributed by atoms with Crippen LogP contribution in [0.25, 0.3) is 32.9 Å². The predicted octanol–water partition coefficient (Wildman–Crippen LogP) is 5.25. The molecule has 2 saturated heterocycles. The van der Waals surface area contributed by atoms with Gasteiger partial charge in [-0.15, -0.1) is 0 Å². The third-order valence-corrected chi connectivity index (χ3v) is 9.35. The number of halogens is 1. The summed E-state index contributed by atoms with van der Waals surface area (Å²) in [5.74, 6) is -0.207. The number of aromatic nitrogens is 3. The Morgan fingerprint density at radius 3 is 2.69 bits per heavy atom. The molecule has 4 heterocycles. The number of nitrogens with one attached hydrogen (secondary N) is 1. The molecule has 2 aromatic carbocycles. The molecular weight excluding hydrogens is 539 g/mol. The first-order valence-electron chi connectivity index (χ1n) is 14.5. The Kier molecular flexibility index (Phi) is 6.49. The van der Waals surface area contributed by atoms with Crippen LogP contribution >= 0.6 is 0 Å². The molecule has 42 heavy (non-hydrogen) atoms. The normalized spacial score (nSPS) is 21.3. The molecule has 2 aliphatic heterocycles. The number of rotatable bonds is 7. The maximum atomic E-state index is 16.4. The summed E-state index contributed by atoms with van der Waals surface area (Å²) in [7, 11) is 1.57. The van der Waals surface area contributed by atoms with E-state index in [9.17, 15) is 15.0 Å². The maximum Gasteiger partial charge on any atom is 0.407 e. The molecule has 3 fully saturated rings. The van der Waals surface area contributed by atoms with Crippen LogP contribution in [0, 0.1) is 5.82 Å². The Bertz CT molecular complexity index is 1680. The minimum absolute atomic E-state index is 0.0156. The Balaban J connectivity index is 1.27. The van der Waals surface area contributed by atoms with E-state index in [1.165, 1.54) is 11.0 Å². The van der Waals surface area contributed by atoms with Gasteiger partial charge in [0.25, 0.3) is 0 Å². The minimum atomic E-state index is -0.966. The molecule has 3 aliphatic rings. The van der Waals surface area contributed by atoms with Gasteiger partial charge in [0, 0.05) is 30.9 Å². The number of carbonyl (C=O) groups is 1. The average molecular weight is 573 g/mol. The standard InChI is InChI=1S/C31H33FN6O4/c1-37(30(40)41)20-13-19(14-20)34-28-24-16-33-26(23-15-21(39)12-18-6-2-3-7-22(18)23)25(32)27(24)35-29(36-28)42-17-31-8-4-10-38(31)11-5-9-31/h2-3,6-7,12,15-16,19-20,39H,4-5,8-11,13-14,17H2,1H3,(H,40,41)(H,34,35,36). The number of fused-ring (bicyclic) bond motifs is 3. The van der Waals surface area contributed by atoms with Gasteiger partial charge >= 0.3 is 12.1 Å². The van der Waals surface area contributed by atoms with E-state index in [0.29, 0.717) is 36.2 Å². The maximum absolute atomic E-state index is 16.4. The summed E-state index contributed by atoms with van der Waals surface area (Å²) in [6, 6.07) is 10.5. The molecule has 2 aromatic heterocycles. The Hall–Kier alpha value is -4.25. The van der Waals surface area contributed by atoms with Crippen molar-refractivity contribution < 1.29 is 24.1 Å². The molecule has 3 N–H and O–H groups in total. The summed E-state index contributed by atoms with van der Waals surface area (Å²) in [5, 5.41) is 25.0. The monoisotopic (exact) mass is 572 g/mol. The molecule has 10 nitrogen and oxygen atoms in total. The highest BCUT2D eigenvalue weighted by Gasteiger charge is 2.45. The Morgan fingerprint density at radius 2 is 1.93 bits per heavy atom. The number of ether oxygens (including phenoxy) is 1. The van der Waals surface area contributed by atoms with Crippen molar-refractivity contribution in [1.82, 2.24) is 24.8 Å². The van der Waals surface area contributed by atoms with Gasteiger partial charge in [-0.05, 0) is 74.5 Å². The van der Waals surface area contributed by atoms with Crippen LogP contribution in [0.3, 0.4) is 0 Å². The largest absolute Gasteiger partial charge is 0.508 e. The molecule has 11 heteroatoms. The van der Waals surface area contributed by atoms with Gasteiger partial charge in [0.05, 0.1) is 10.9 Å². The topological polar surface area (TPSA) is 124 Å². The predicted molar refractivity (Wildman–Crippen MR) is 156 cm³/mol. The third-order valence-electron chi connectivity index (χ3n) is 9.35. The summed E-state index contributed by atoms with van der Waals surface area (Å²) in [6.07, 6.45) is 6.16. The summed E-state index contributed by atoms with van der Waals surface area (Å²) in [6.45, 7) is 2.55. The number of aromatic hydroxyl groups is 1. The van der Waals surface area contributed by atoms with Gasteiger partial charge in [0.2, 0.25) is 0 Å². The van der Waals surface area contributed by atoms with Crippen molar-refractivity contribution in [2.24, 2.45) is 0 Å². The van der Waals surface area contributed by atoms with Gasteiger partial charge in [0.15, 0.2) is 5.82 Å². The number of phenolic OH excluding ortho intramolecular Hbond substituents is 1. The van der Waals surface area contributed by atoms with Crippen molar-refractivity contribution in [3.63, 3.8) is 0 Å². The van der Waals surface area contributed by atoms with Crippen LogP contribution in [-0.4, -0.2) is 85.4 Å². The SMILES string of the molecule is CN(C(=O)O)C1CC(Nc2nc(OCC34CCCN3CCC4)nc3c(F)c(-c4cc(O)cc5ccccc45)ncc23)C1. The van der Waals surface area contributed by atoms with E-state index < -0.39 is 11.9 Å². The lowest BCUT2D eigenvalue weighted by Gasteiger charge is -2.40. The summed E-state index contributed by atoms with van der Waals surface area (Å²) in [5.41, 5.74) is 0.585. The van der Waals surface area contributed by atoms with Crippen molar-refractivity contribution in [3.8, 4) is 23.0 Å². The first-order chi connectivity index (χ1) is 20.3. The average Bonchev–Trinajstić information content (AvgIpc) is 3.54. The fourth-order valence-corrected chi connectivity index (χ4v) is 6.92. The number of nitrogens with zero attached hydrogens (tertiary/aromatic N) is 5. The van der Waals surface area contributed by atoms with Crippen LogP contribution in [0.1, 0.15) is 38.5 Å². The highest BCUT2D eigenvalue weighted by molar-refractivity contribution is 5.99. The minimum Gasteiger partial charge on any atom is -0.508 e. The molecule has 0 unspecified atom stereocenters. The van der Waals surface area contributed by atoms with Crippen LogP contribution in [-0.2, 0) is 0 Å². The molecule has 1 aliphatic carbocycles. The van der Waals surface area contributed by atoms with E-state index in [0.717, 1.165) is 49.5 Å². The molecule has 0 spiro atoms. The number of anilines is 1. The zero-order valence-corrected chi connectivity index (χ0v) is 23.4. The second-order valence-corrected chi connectivity index (χ2v) is 11.8. The molecule has 0 radical (unpaired) electrons. The number of hydrogen-bond acceptors (Lipinski definition) is 8. The van der Waals surface area contributed by atoms with E-state index >= 15 is 4.39 Å². The van der Waals surface area contributed by atoms with Crippen LogP contribution in [0.15, 0.2) is 42.6 Å². The van der Waals surface area contributed by atoms with Crippen LogP contribution < -0.4 is 10.1 Å². The van der Waals surface area contributed by atoms with E-state index in [2.05, 4.69) is 25.2 Å². The molecule has 1 amide bonds. The first-order valence-corrected chi connectivity index (χ1v) is 14.5. The smallest absolute Gasteiger partial charge is 0.407 e. The van der Waals surface area contributed by atoms with Gasteiger partial charge in [-0.3, -0.25) is 9.88 Å².